The molecule has 0 bridgehead atoms. The van der Waals surface area contributed by atoms with Crippen LogP contribution in [0.2, 0.25) is 0 Å². The molecule has 0 aliphatic heterocycles. The van der Waals surface area contributed by atoms with Crippen molar-refractivity contribution in [1.82, 2.24) is 9.78 Å². The zero-order valence-corrected chi connectivity index (χ0v) is 19.0. The highest BCUT2D eigenvalue weighted by Crippen LogP contribution is 2.34. The molecule has 0 radical (unpaired) electrons. The van der Waals surface area contributed by atoms with Gasteiger partial charge in [0.2, 0.25) is 0 Å². The number of anilines is 1. The van der Waals surface area contributed by atoms with Gasteiger partial charge in [-0.15, -0.1) is 0 Å². The summed E-state index contributed by atoms with van der Waals surface area (Å²) in [6.07, 6.45) is 1.64. The number of carbonyl (C=O) groups excluding carboxylic acids is 1. The van der Waals surface area contributed by atoms with Crippen LogP contribution in [0, 0.1) is 5.82 Å². The Kier molecular flexibility index (Phi) is 6.77. The van der Waals surface area contributed by atoms with Gasteiger partial charge in [0.15, 0.2) is 23.1 Å². The van der Waals surface area contributed by atoms with E-state index in [0.29, 0.717) is 40.6 Å². The van der Waals surface area contributed by atoms with E-state index in [1.807, 2.05) is 30.3 Å². The maximum atomic E-state index is 14.3. The maximum absolute atomic E-state index is 14.3. The van der Waals surface area contributed by atoms with Crippen molar-refractivity contribution in [2.75, 3.05) is 26.1 Å². The monoisotopic (exact) mass is 461 g/mol. The van der Waals surface area contributed by atoms with E-state index in [1.165, 1.54) is 19.2 Å². The number of nitrogens with zero attached hydrogens (tertiary/aromatic N) is 2. The van der Waals surface area contributed by atoms with Crippen molar-refractivity contribution < 1.29 is 23.4 Å². The minimum atomic E-state index is -0.556. The topological polar surface area (TPSA) is 74.6 Å². The molecule has 0 fully saturated rings. The van der Waals surface area contributed by atoms with Crippen molar-refractivity contribution in [3.8, 4) is 34.2 Å². The summed E-state index contributed by atoms with van der Waals surface area (Å²) in [6.45, 7) is 2.12. The number of hydrogen-bond acceptors (Lipinski definition) is 5. The van der Waals surface area contributed by atoms with Gasteiger partial charge < -0.3 is 19.5 Å². The van der Waals surface area contributed by atoms with E-state index in [-0.39, 0.29) is 5.75 Å². The van der Waals surface area contributed by atoms with Crippen LogP contribution in [-0.4, -0.2) is 36.5 Å². The van der Waals surface area contributed by atoms with Gasteiger partial charge in [0, 0.05) is 23.5 Å². The molecular formula is C26H24FN3O4. The molecular weight excluding hydrogens is 437 g/mol. The minimum Gasteiger partial charge on any atom is -0.493 e. The van der Waals surface area contributed by atoms with Gasteiger partial charge in [-0.2, -0.15) is 5.10 Å². The average molecular weight is 461 g/mol. The van der Waals surface area contributed by atoms with E-state index in [9.17, 15) is 9.18 Å². The molecule has 0 aliphatic carbocycles. The van der Waals surface area contributed by atoms with Gasteiger partial charge in [-0.25, -0.2) is 9.07 Å². The second kappa shape index (κ2) is 10.1. The summed E-state index contributed by atoms with van der Waals surface area (Å²) >= 11 is 0. The Labute approximate surface area is 196 Å². The molecule has 0 saturated heterocycles. The van der Waals surface area contributed by atoms with E-state index in [2.05, 4.69) is 10.4 Å². The Hall–Kier alpha value is -4.33. The van der Waals surface area contributed by atoms with Crippen LogP contribution in [0.5, 0.6) is 17.2 Å². The molecule has 174 valence electrons. The Bertz CT molecular complexity index is 1300. The average Bonchev–Trinajstić information content (AvgIpc) is 3.32. The number of rotatable bonds is 8. The molecule has 0 saturated carbocycles. The highest BCUT2D eigenvalue weighted by atomic mass is 19.1. The van der Waals surface area contributed by atoms with Crippen LogP contribution in [0.15, 0.2) is 72.9 Å². The number of nitrogens with one attached hydrogen (secondary N) is 1. The van der Waals surface area contributed by atoms with E-state index >= 15 is 0 Å². The Morgan fingerprint density at radius 3 is 2.38 bits per heavy atom. The number of para-hydroxylation sites is 1. The fourth-order valence-corrected chi connectivity index (χ4v) is 3.50. The lowest BCUT2D eigenvalue weighted by atomic mass is 10.1. The molecule has 0 spiro atoms. The summed E-state index contributed by atoms with van der Waals surface area (Å²) in [7, 11) is 3.09. The van der Waals surface area contributed by atoms with Gasteiger partial charge in [0.05, 0.1) is 32.1 Å². The Morgan fingerprint density at radius 1 is 0.971 bits per heavy atom. The largest absolute Gasteiger partial charge is 0.493 e. The molecule has 7 nitrogen and oxygen atoms in total. The van der Waals surface area contributed by atoms with Crippen molar-refractivity contribution in [2.45, 2.75) is 6.92 Å². The van der Waals surface area contributed by atoms with Crippen LogP contribution in [0.3, 0.4) is 0 Å². The van der Waals surface area contributed by atoms with Crippen LogP contribution in [0.25, 0.3) is 16.9 Å². The van der Waals surface area contributed by atoms with E-state index < -0.39 is 11.7 Å². The molecule has 1 N–H and O–H groups in total. The summed E-state index contributed by atoms with van der Waals surface area (Å²) < 4.78 is 31.9. The summed E-state index contributed by atoms with van der Waals surface area (Å²) in [5, 5.41) is 7.42. The summed E-state index contributed by atoms with van der Waals surface area (Å²) in [6, 6.07) is 19.0. The SMILES string of the molecule is CCOc1ccc(NC(=O)c2cn(-c3ccccc3)nc2-c2ccc(OC)c(OC)c2)cc1F. The number of benzene rings is 3. The van der Waals surface area contributed by atoms with Crippen molar-refractivity contribution in [1.29, 1.82) is 0 Å². The van der Waals surface area contributed by atoms with Crippen LogP contribution < -0.4 is 19.5 Å². The van der Waals surface area contributed by atoms with Gasteiger partial charge in [-0.1, -0.05) is 18.2 Å². The number of hydrogen-bond donors (Lipinski definition) is 1. The van der Waals surface area contributed by atoms with E-state index in [1.54, 1.807) is 49.2 Å². The highest BCUT2D eigenvalue weighted by molar-refractivity contribution is 6.08. The molecule has 1 heterocycles. The lowest BCUT2D eigenvalue weighted by Gasteiger charge is -2.10. The molecule has 0 unspecified atom stereocenters. The number of amides is 1. The van der Waals surface area contributed by atoms with Crippen LogP contribution >= 0.6 is 0 Å². The van der Waals surface area contributed by atoms with Gasteiger partial charge in [-0.3, -0.25) is 4.79 Å². The zero-order chi connectivity index (χ0) is 24.1. The first-order valence-electron chi connectivity index (χ1n) is 10.6. The van der Waals surface area contributed by atoms with Crippen LogP contribution in [-0.2, 0) is 0 Å². The zero-order valence-electron chi connectivity index (χ0n) is 19.0. The second-order valence-electron chi connectivity index (χ2n) is 7.27. The van der Waals surface area contributed by atoms with E-state index in [4.69, 9.17) is 14.2 Å². The predicted molar refractivity (Wildman–Crippen MR) is 128 cm³/mol. The fraction of sp³-hybridized carbons (Fsp3) is 0.154. The van der Waals surface area contributed by atoms with Gasteiger partial charge in [-0.05, 0) is 49.4 Å². The quantitative estimate of drug-likeness (QED) is 0.383. The third-order valence-electron chi connectivity index (χ3n) is 5.13. The van der Waals surface area contributed by atoms with Crippen molar-refractivity contribution in [3.05, 3.63) is 84.3 Å². The second-order valence-corrected chi connectivity index (χ2v) is 7.27. The minimum absolute atomic E-state index is 0.128. The van der Waals surface area contributed by atoms with Gasteiger partial charge in [0.25, 0.3) is 5.91 Å². The Morgan fingerprint density at radius 2 is 1.71 bits per heavy atom. The third kappa shape index (κ3) is 4.71. The molecule has 3 aromatic carbocycles. The van der Waals surface area contributed by atoms with E-state index in [0.717, 1.165) is 5.69 Å². The van der Waals surface area contributed by atoms with Gasteiger partial charge >= 0.3 is 0 Å². The maximum Gasteiger partial charge on any atom is 0.259 e. The molecule has 34 heavy (non-hydrogen) atoms. The summed E-state index contributed by atoms with van der Waals surface area (Å²) in [5.74, 6) is 0.206. The molecule has 0 atom stereocenters. The van der Waals surface area contributed by atoms with Crippen molar-refractivity contribution in [3.63, 3.8) is 0 Å². The lowest BCUT2D eigenvalue weighted by Crippen LogP contribution is -2.12. The predicted octanol–water partition coefficient (Wildman–Crippen LogP) is 5.35. The number of aromatic nitrogens is 2. The first kappa shape index (κ1) is 22.8. The van der Waals surface area contributed by atoms with Crippen LogP contribution in [0.4, 0.5) is 10.1 Å². The van der Waals surface area contributed by atoms with Crippen molar-refractivity contribution in [2.24, 2.45) is 0 Å². The number of halogens is 1. The normalized spacial score (nSPS) is 10.6. The van der Waals surface area contributed by atoms with Gasteiger partial charge in [0.1, 0.15) is 5.69 Å². The first-order chi connectivity index (χ1) is 16.5. The molecule has 8 heteroatoms. The number of ether oxygens (including phenoxy) is 3. The number of methoxy groups -OCH3 is 2. The van der Waals surface area contributed by atoms with Crippen LogP contribution in [0.1, 0.15) is 17.3 Å². The standard InChI is InChI=1S/C26H24FN3O4/c1-4-34-22-13-11-18(15-21(22)27)28-26(31)20-16-30(19-8-6-5-7-9-19)29-25(20)17-10-12-23(32-2)24(14-17)33-3/h5-16H,4H2,1-3H3,(H,28,31). The highest BCUT2D eigenvalue weighted by Gasteiger charge is 2.21. The molecule has 1 amide bonds. The first-order valence-corrected chi connectivity index (χ1v) is 10.6. The summed E-state index contributed by atoms with van der Waals surface area (Å²) in [4.78, 5) is 13.3. The summed E-state index contributed by atoms with van der Waals surface area (Å²) in [5.41, 5.74) is 2.50. The lowest BCUT2D eigenvalue weighted by molar-refractivity contribution is 0.102. The third-order valence-corrected chi connectivity index (χ3v) is 5.13. The smallest absolute Gasteiger partial charge is 0.259 e. The number of carbonyl (C=O) groups is 1. The molecule has 4 rings (SSSR count). The fourth-order valence-electron chi connectivity index (χ4n) is 3.50. The molecule has 1 aromatic heterocycles. The Balaban J connectivity index is 1.74. The van der Waals surface area contributed by atoms with Crippen molar-refractivity contribution >= 4 is 11.6 Å². The molecule has 4 aromatic rings. The molecule has 0 aliphatic rings.